The van der Waals surface area contributed by atoms with Crippen molar-refractivity contribution in [1.29, 1.82) is 0 Å². The van der Waals surface area contributed by atoms with Crippen LogP contribution in [-0.4, -0.2) is 34.4 Å². The molecule has 1 atom stereocenters. The Morgan fingerprint density at radius 3 is 1.95 bits per heavy atom. The van der Waals surface area contributed by atoms with E-state index in [4.69, 9.17) is 25.7 Å². The van der Waals surface area contributed by atoms with Crippen LogP contribution >= 0.6 is 0 Å². The molecule has 0 fully saturated rings. The third-order valence-electron chi connectivity index (χ3n) is 3.54. The monoisotopic (exact) mass is 268 g/mol. The summed E-state index contributed by atoms with van der Waals surface area (Å²) in [6.45, 7) is 3.17. The lowest BCUT2D eigenvalue weighted by Gasteiger charge is -2.24. The molecule has 0 aromatic heterocycles. The number of benzene rings is 1. The standard InChI is InChI=1S/C14H24N2O3/c1-9(10(7-15)8-16)11-5-6-12(17-2)14(19-4)13(11)18-3/h5-6,9-10H,7-8,15-16H2,1-4H3. The fourth-order valence-corrected chi connectivity index (χ4v) is 2.24. The first-order valence-electron chi connectivity index (χ1n) is 6.33. The second-order valence-corrected chi connectivity index (χ2v) is 4.44. The number of hydrogen-bond acceptors (Lipinski definition) is 5. The molecular weight excluding hydrogens is 244 g/mol. The molecule has 0 amide bonds. The molecule has 1 aromatic rings. The Balaban J connectivity index is 3.27. The number of methoxy groups -OCH3 is 3. The van der Waals surface area contributed by atoms with Crippen LogP contribution in [0, 0.1) is 5.92 Å². The zero-order valence-electron chi connectivity index (χ0n) is 12.1. The highest BCUT2D eigenvalue weighted by molar-refractivity contribution is 5.56. The second kappa shape index (κ2) is 7.21. The first kappa shape index (κ1) is 15.6. The maximum Gasteiger partial charge on any atom is 0.203 e. The Hall–Kier alpha value is -1.46. The molecule has 5 heteroatoms. The molecule has 1 rings (SSSR count). The van der Waals surface area contributed by atoms with E-state index in [1.54, 1.807) is 21.3 Å². The average Bonchev–Trinajstić information content (AvgIpc) is 2.46. The van der Waals surface area contributed by atoms with E-state index in [2.05, 4.69) is 6.92 Å². The third kappa shape index (κ3) is 3.11. The molecule has 0 aliphatic heterocycles. The van der Waals surface area contributed by atoms with Crippen LogP contribution in [0.25, 0.3) is 0 Å². The van der Waals surface area contributed by atoms with Crippen LogP contribution in [0.15, 0.2) is 12.1 Å². The molecule has 0 saturated carbocycles. The van der Waals surface area contributed by atoms with Crippen molar-refractivity contribution in [2.75, 3.05) is 34.4 Å². The van der Waals surface area contributed by atoms with Crippen molar-refractivity contribution in [3.63, 3.8) is 0 Å². The minimum Gasteiger partial charge on any atom is -0.493 e. The van der Waals surface area contributed by atoms with Gasteiger partial charge in [0.15, 0.2) is 11.5 Å². The van der Waals surface area contributed by atoms with E-state index in [0.29, 0.717) is 30.3 Å². The Morgan fingerprint density at radius 2 is 1.53 bits per heavy atom. The Bertz CT molecular complexity index is 406. The summed E-state index contributed by atoms with van der Waals surface area (Å²) < 4.78 is 16.1. The van der Waals surface area contributed by atoms with E-state index in [-0.39, 0.29) is 11.8 Å². The lowest BCUT2D eigenvalue weighted by atomic mass is 9.86. The molecule has 19 heavy (non-hydrogen) atoms. The molecule has 4 N–H and O–H groups in total. The number of hydrogen-bond donors (Lipinski definition) is 2. The van der Waals surface area contributed by atoms with Crippen LogP contribution in [0.1, 0.15) is 18.4 Å². The van der Waals surface area contributed by atoms with Gasteiger partial charge < -0.3 is 25.7 Å². The molecule has 0 heterocycles. The van der Waals surface area contributed by atoms with E-state index in [0.717, 1.165) is 5.56 Å². The molecular formula is C14H24N2O3. The average molecular weight is 268 g/mol. The molecule has 0 spiro atoms. The highest BCUT2D eigenvalue weighted by Gasteiger charge is 2.24. The summed E-state index contributed by atoms with van der Waals surface area (Å²) in [6, 6.07) is 3.85. The van der Waals surface area contributed by atoms with Crippen molar-refractivity contribution in [2.24, 2.45) is 17.4 Å². The van der Waals surface area contributed by atoms with Gasteiger partial charge in [-0.25, -0.2) is 0 Å². The summed E-state index contributed by atoms with van der Waals surface area (Å²) in [5.41, 5.74) is 12.6. The number of nitrogens with two attached hydrogens (primary N) is 2. The number of rotatable bonds is 7. The molecule has 0 bridgehead atoms. The van der Waals surface area contributed by atoms with Crippen molar-refractivity contribution < 1.29 is 14.2 Å². The van der Waals surface area contributed by atoms with Crippen molar-refractivity contribution in [1.82, 2.24) is 0 Å². The third-order valence-corrected chi connectivity index (χ3v) is 3.54. The summed E-state index contributed by atoms with van der Waals surface area (Å²) in [5, 5.41) is 0. The quantitative estimate of drug-likeness (QED) is 0.780. The normalized spacial score (nSPS) is 12.4. The van der Waals surface area contributed by atoms with E-state index in [1.807, 2.05) is 12.1 Å². The highest BCUT2D eigenvalue weighted by atomic mass is 16.5. The number of ether oxygens (including phenoxy) is 3. The first-order chi connectivity index (χ1) is 9.14. The first-order valence-corrected chi connectivity index (χ1v) is 6.33. The second-order valence-electron chi connectivity index (χ2n) is 4.44. The van der Waals surface area contributed by atoms with Crippen LogP contribution in [-0.2, 0) is 0 Å². The van der Waals surface area contributed by atoms with Crippen LogP contribution < -0.4 is 25.7 Å². The van der Waals surface area contributed by atoms with E-state index in [1.165, 1.54) is 0 Å². The van der Waals surface area contributed by atoms with Gasteiger partial charge in [0.25, 0.3) is 0 Å². The van der Waals surface area contributed by atoms with Crippen LogP contribution in [0.4, 0.5) is 0 Å². The highest BCUT2D eigenvalue weighted by Crippen LogP contribution is 2.43. The summed E-state index contributed by atoms with van der Waals surface area (Å²) in [5.74, 6) is 2.31. The van der Waals surface area contributed by atoms with Gasteiger partial charge in [0.05, 0.1) is 21.3 Å². The van der Waals surface area contributed by atoms with Gasteiger partial charge in [0.2, 0.25) is 5.75 Å². The zero-order chi connectivity index (χ0) is 14.4. The van der Waals surface area contributed by atoms with E-state index < -0.39 is 0 Å². The summed E-state index contributed by atoms with van der Waals surface area (Å²) in [7, 11) is 4.81. The molecule has 1 unspecified atom stereocenters. The summed E-state index contributed by atoms with van der Waals surface area (Å²) in [4.78, 5) is 0. The van der Waals surface area contributed by atoms with Gasteiger partial charge in [0.1, 0.15) is 0 Å². The van der Waals surface area contributed by atoms with Gasteiger partial charge in [-0.3, -0.25) is 0 Å². The predicted molar refractivity (Wildman–Crippen MR) is 76.1 cm³/mol. The summed E-state index contributed by atoms with van der Waals surface area (Å²) in [6.07, 6.45) is 0. The minimum atomic E-state index is 0.185. The fourth-order valence-electron chi connectivity index (χ4n) is 2.24. The SMILES string of the molecule is COc1ccc(C(C)C(CN)CN)c(OC)c1OC. The fraction of sp³-hybridized carbons (Fsp3) is 0.571. The van der Waals surface area contributed by atoms with Gasteiger partial charge in [-0.2, -0.15) is 0 Å². The summed E-state index contributed by atoms with van der Waals surface area (Å²) >= 11 is 0. The Kier molecular flexibility index (Phi) is 5.92. The van der Waals surface area contributed by atoms with Gasteiger partial charge in [-0.1, -0.05) is 13.0 Å². The predicted octanol–water partition coefficient (Wildman–Crippen LogP) is 1.35. The van der Waals surface area contributed by atoms with Crippen molar-refractivity contribution >= 4 is 0 Å². The van der Waals surface area contributed by atoms with E-state index >= 15 is 0 Å². The Labute approximate surface area is 114 Å². The Morgan fingerprint density at radius 1 is 0.947 bits per heavy atom. The molecule has 0 radical (unpaired) electrons. The minimum absolute atomic E-state index is 0.185. The van der Waals surface area contributed by atoms with Gasteiger partial charge >= 0.3 is 0 Å². The van der Waals surface area contributed by atoms with Gasteiger partial charge in [-0.15, -0.1) is 0 Å². The molecule has 1 aromatic carbocycles. The smallest absolute Gasteiger partial charge is 0.203 e. The zero-order valence-corrected chi connectivity index (χ0v) is 12.1. The maximum atomic E-state index is 5.76. The molecule has 0 aliphatic rings. The molecule has 5 nitrogen and oxygen atoms in total. The largest absolute Gasteiger partial charge is 0.493 e. The van der Waals surface area contributed by atoms with E-state index in [9.17, 15) is 0 Å². The topological polar surface area (TPSA) is 79.7 Å². The lowest BCUT2D eigenvalue weighted by molar-refractivity contribution is 0.318. The van der Waals surface area contributed by atoms with Gasteiger partial charge in [-0.05, 0) is 31.0 Å². The van der Waals surface area contributed by atoms with Crippen molar-refractivity contribution in [3.8, 4) is 17.2 Å². The molecule has 0 aliphatic carbocycles. The van der Waals surface area contributed by atoms with Gasteiger partial charge in [0, 0.05) is 5.56 Å². The van der Waals surface area contributed by atoms with Crippen molar-refractivity contribution in [3.05, 3.63) is 17.7 Å². The van der Waals surface area contributed by atoms with Crippen LogP contribution in [0.2, 0.25) is 0 Å². The van der Waals surface area contributed by atoms with Crippen LogP contribution in [0.3, 0.4) is 0 Å². The van der Waals surface area contributed by atoms with Crippen molar-refractivity contribution in [2.45, 2.75) is 12.8 Å². The molecule has 0 saturated heterocycles. The lowest BCUT2D eigenvalue weighted by Crippen LogP contribution is -2.28. The maximum absolute atomic E-state index is 5.76. The molecule has 108 valence electrons. The van der Waals surface area contributed by atoms with Crippen LogP contribution in [0.5, 0.6) is 17.2 Å².